The maximum absolute atomic E-state index is 12.4. The summed E-state index contributed by atoms with van der Waals surface area (Å²) in [5.41, 5.74) is 2.89. The van der Waals surface area contributed by atoms with Crippen molar-refractivity contribution in [2.75, 3.05) is 18.1 Å². The molecule has 0 atom stereocenters. The molecule has 1 heterocycles. The lowest BCUT2D eigenvalue weighted by Crippen LogP contribution is -2.27. The molecule has 3 aromatic rings. The van der Waals surface area contributed by atoms with Crippen LogP contribution in [0.15, 0.2) is 52.9 Å². The molecule has 0 aliphatic carbocycles. The Labute approximate surface area is 181 Å². The van der Waals surface area contributed by atoms with Crippen molar-refractivity contribution >= 4 is 39.8 Å². The summed E-state index contributed by atoms with van der Waals surface area (Å²) in [7, 11) is 1.69. The molecule has 1 amide bonds. The predicted molar refractivity (Wildman–Crippen MR) is 115 cm³/mol. The molecule has 1 N–H and O–H groups in total. The van der Waals surface area contributed by atoms with Crippen LogP contribution in [0.1, 0.15) is 11.1 Å². The van der Waals surface area contributed by atoms with E-state index in [0.717, 1.165) is 16.8 Å². The first-order chi connectivity index (χ1) is 14.4. The molecule has 0 saturated carbocycles. The van der Waals surface area contributed by atoms with Gasteiger partial charge in [0.25, 0.3) is 0 Å². The zero-order valence-electron chi connectivity index (χ0n) is 16.3. The molecule has 6 nitrogen and oxygen atoms in total. The summed E-state index contributed by atoms with van der Waals surface area (Å²) >= 11 is 2.70. The van der Waals surface area contributed by atoms with Crippen LogP contribution in [0.2, 0.25) is 0 Å². The van der Waals surface area contributed by atoms with Gasteiger partial charge in [-0.05, 0) is 42.3 Å². The molecule has 0 spiro atoms. The van der Waals surface area contributed by atoms with Gasteiger partial charge in [-0.1, -0.05) is 47.4 Å². The van der Waals surface area contributed by atoms with E-state index in [9.17, 15) is 13.6 Å². The first-order valence-corrected chi connectivity index (χ1v) is 10.8. The van der Waals surface area contributed by atoms with Gasteiger partial charge >= 0.3 is 6.61 Å². The van der Waals surface area contributed by atoms with Gasteiger partial charge in [0.05, 0.1) is 5.75 Å². The van der Waals surface area contributed by atoms with E-state index in [1.165, 1.54) is 35.2 Å². The van der Waals surface area contributed by atoms with E-state index in [4.69, 9.17) is 0 Å². The van der Waals surface area contributed by atoms with E-state index in [1.54, 1.807) is 24.1 Å². The summed E-state index contributed by atoms with van der Waals surface area (Å²) in [5.74, 6) is 0.239. The van der Waals surface area contributed by atoms with Gasteiger partial charge in [-0.15, -0.1) is 10.2 Å². The number of amides is 1. The lowest BCUT2D eigenvalue weighted by Gasteiger charge is -2.17. The number of aromatic nitrogens is 2. The predicted octanol–water partition coefficient (Wildman–Crippen LogP) is 4.94. The van der Waals surface area contributed by atoms with Gasteiger partial charge in [0, 0.05) is 19.3 Å². The van der Waals surface area contributed by atoms with Crippen LogP contribution < -0.4 is 10.1 Å². The fourth-order valence-electron chi connectivity index (χ4n) is 2.54. The highest BCUT2D eigenvalue weighted by atomic mass is 32.2. The number of alkyl halides is 2. The number of rotatable bonds is 9. The average molecular weight is 451 g/mol. The summed E-state index contributed by atoms with van der Waals surface area (Å²) in [6.45, 7) is -0.477. The fraction of sp³-hybridized carbons (Fsp3) is 0.250. The molecule has 1 aromatic heterocycles. The van der Waals surface area contributed by atoms with Gasteiger partial charge in [-0.3, -0.25) is 4.79 Å². The second kappa shape index (κ2) is 10.4. The van der Waals surface area contributed by atoms with Crippen molar-refractivity contribution < 1.29 is 18.3 Å². The molecule has 10 heteroatoms. The first-order valence-electron chi connectivity index (χ1n) is 8.97. The number of hydrogen-bond acceptors (Lipinski definition) is 7. The number of carbonyl (C=O) groups is 1. The largest absolute Gasteiger partial charge is 0.435 e. The summed E-state index contributed by atoms with van der Waals surface area (Å²) in [4.78, 5) is 14.0. The highest BCUT2D eigenvalue weighted by Crippen LogP contribution is 2.28. The molecule has 2 aromatic carbocycles. The van der Waals surface area contributed by atoms with Crippen molar-refractivity contribution in [3.8, 4) is 5.75 Å². The Morgan fingerprint density at radius 3 is 2.70 bits per heavy atom. The second-order valence-electron chi connectivity index (χ2n) is 6.43. The standard InChI is InChI=1S/C20H20F2N4O2S2/c1-13-4-3-5-15(10-13)23-19-24-25-20(30-19)29-12-17(27)26(2)11-14-6-8-16(9-7-14)28-18(21)22/h3-10,18H,11-12H2,1-2H3,(H,23,24). The van der Waals surface area contributed by atoms with Crippen LogP contribution >= 0.6 is 23.1 Å². The van der Waals surface area contributed by atoms with Crippen LogP contribution in [-0.2, 0) is 11.3 Å². The zero-order valence-corrected chi connectivity index (χ0v) is 18.0. The number of ether oxygens (including phenoxy) is 1. The molecule has 0 unspecified atom stereocenters. The highest BCUT2D eigenvalue weighted by Gasteiger charge is 2.13. The average Bonchev–Trinajstić information content (AvgIpc) is 3.14. The number of benzene rings is 2. The van der Waals surface area contributed by atoms with Gasteiger partial charge in [0.1, 0.15) is 5.75 Å². The SMILES string of the molecule is Cc1cccc(Nc2nnc(SCC(=O)N(C)Cc3ccc(OC(F)F)cc3)s2)c1. The first kappa shape index (κ1) is 22.0. The third kappa shape index (κ3) is 6.67. The number of anilines is 2. The number of halogens is 2. The number of nitrogens with one attached hydrogen (secondary N) is 1. The van der Waals surface area contributed by atoms with E-state index in [1.807, 2.05) is 31.2 Å². The number of nitrogens with zero attached hydrogens (tertiary/aromatic N) is 3. The van der Waals surface area contributed by atoms with Gasteiger partial charge < -0.3 is 15.0 Å². The minimum absolute atomic E-state index is 0.0729. The third-order valence-corrected chi connectivity index (χ3v) is 5.95. The molecular formula is C20H20F2N4O2S2. The molecule has 30 heavy (non-hydrogen) atoms. The summed E-state index contributed by atoms with van der Waals surface area (Å²) < 4.78 is 29.4. The van der Waals surface area contributed by atoms with Crippen LogP contribution in [0, 0.1) is 6.92 Å². The van der Waals surface area contributed by atoms with E-state index in [-0.39, 0.29) is 17.4 Å². The van der Waals surface area contributed by atoms with Crippen LogP contribution in [0.5, 0.6) is 5.75 Å². The number of hydrogen-bond donors (Lipinski definition) is 1. The molecular weight excluding hydrogens is 430 g/mol. The summed E-state index contributed by atoms with van der Waals surface area (Å²) in [6, 6.07) is 14.2. The Kier molecular flexibility index (Phi) is 7.58. The van der Waals surface area contributed by atoms with Gasteiger partial charge in [-0.2, -0.15) is 8.78 Å². The minimum atomic E-state index is -2.86. The topological polar surface area (TPSA) is 67.4 Å². The number of aryl methyl sites for hydroxylation is 1. The molecule has 0 fully saturated rings. The second-order valence-corrected chi connectivity index (χ2v) is 8.63. The van der Waals surface area contributed by atoms with Crippen LogP contribution in [0.4, 0.5) is 19.6 Å². The zero-order chi connectivity index (χ0) is 21.5. The molecule has 0 aliphatic heterocycles. The van der Waals surface area contributed by atoms with Crippen molar-refractivity contribution in [3.63, 3.8) is 0 Å². The van der Waals surface area contributed by atoms with Crippen molar-refractivity contribution in [1.82, 2.24) is 15.1 Å². The molecule has 0 aliphatic rings. The molecule has 0 bridgehead atoms. The Hall–Kier alpha value is -2.72. The van der Waals surface area contributed by atoms with Crippen molar-refractivity contribution in [1.29, 1.82) is 0 Å². The Bertz CT molecular complexity index is 983. The Morgan fingerprint density at radius 2 is 2.00 bits per heavy atom. The van der Waals surface area contributed by atoms with Gasteiger partial charge in [0.15, 0.2) is 4.34 Å². The van der Waals surface area contributed by atoms with Crippen LogP contribution in [0.25, 0.3) is 0 Å². The van der Waals surface area contributed by atoms with Crippen molar-refractivity contribution in [2.45, 2.75) is 24.4 Å². The number of carbonyl (C=O) groups excluding carboxylic acids is 1. The van der Waals surface area contributed by atoms with Crippen LogP contribution in [0.3, 0.4) is 0 Å². The van der Waals surface area contributed by atoms with Gasteiger partial charge in [-0.25, -0.2) is 0 Å². The molecule has 0 saturated heterocycles. The van der Waals surface area contributed by atoms with E-state index in [2.05, 4.69) is 20.3 Å². The molecule has 3 rings (SSSR count). The van der Waals surface area contributed by atoms with Crippen molar-refractivity contribution in [2.24, 2.45) is 0 Å². The summed E-state index contributed by atoms with van der Waals surface area (Å²) in [6.07, 6.45) is 0. The third-order valence-electron chi connectivity index (χ3n) is 3.99. The molecule has 0 radical (unpaired) electrons. The quantitative estimate of drug-likeness (QED) is 0.466. The van der Waals surface area contributed by atoms with E-state index >= 15 is 0 Å². The normalized spacial score (nSPS) is 10.8. The van der Waals surface area contributed by atoms with E-state index < -0.39 is 6.61 Å². The summed E-state index contributed by atoms with van der Waals surface area (Å²) in [5, 5.41) is 12.1. The Balaban J connectivity index is 1.47. The maximum atomic E-state index is 12.4. The lowest BCUT2D eigenvalue weighted by molar-refractivity contribution is -0.127. The van der Waals surface area contributed by atoms with Gasteiger partial charge in [0.2, 0.25) is 11.0 Å². The smallest absolute Gasteiger partial charge is 0.387 e. The van der Waals surface area contributed by atoms with E-state index in [0.29, 0.717) is 16.0 Å². The fourth-order valence-corrected chi connectivity index (χ4v) is 4.25. The minimum Gasteiger partial charge on any atom is -0.435 e. The number of thioether (sulfide) groups is 1. The Morgan fingerprint density at radius 1 is 1.23 bits per heavy atom. The maximum Gasteiger partial charge on any atom is 0.387 e. The molecule has 158 valence electrons. The highest BCUT2D eigenvalue weighted by molar-refractivity contribution is 8.01. The van der Waals surface area contributed by atoms with Crippen LogP contribution in [-0.4, -0.2) is 40.4 Å². The lowest BCUT2D eigenvalue weighted by atomic mass is 10.2. The van der Waals surface area contributed by atoms with Crippen molar-refractivity contribution in [3.05, 3.63) is 59.7 Å². The monoisotopic (exact) mass is 450 g/mol.